The molecule has 0 saturated carbocycles. The number of aryl methyl sites for hydroxylation is 1. The summed E-state index contributed by atoms with van der Waals surface area (Å²) in [7, 11) is 1.67. The average molecular weight is 208 g/mol. The zero-order valence-electron chi connectivity index (χ0n) is 9.84. The summed E-state index contributed by atoms with van der Waals surface area (Å²) in [5, 5.41) is 3.37. The summed E-state index contributed by atoms with van der Waals surface area (Å²) in [6, 6.07) is 2.02. The molecule has 84 valence electrons. The number of pyridine rings is 1. The Morgan fingerprint density at radius 3 is 2.87 bits per heavy atom. The molecule has 1 aromatic heterocycles. The quantitative estimate of drug-likeness (QED) is 0.730. The Morgan fingerprint density at radius 2 is 2.20 bits per heavy atom. The zero-order valence-corrected chi connectivity index (χ0v) is 9.84. The molecule has 0 unspecified atom stereocenters. The molecule has 0 aliphatic heterocycles. The van der Waals surface area contributed by atoms with Crippen LogP contribution in [0.3, 0.4) is 0 Å². The van der Waals surface area contributed by atoms with Crippen molar-refractivity contribution in [3.63, 3.8) is 0 Å². The van der Waals surface area contributed by atoms with E-state index in [1.807, 2.05) is 13.0 Å². The number of anilines is 1. The third kappa shape index (κ3) is 3.78. The maximum absolute atomic E-state index is 5.23. The van der Waals surface area contributed by atoms with Gasteiger partial charge in [-0.15, -0.1) is 0 Å². The third-order valence-corrected chi connectivity index (χ3v) is 2.32. The van der Waals surface area contributed by atoms with E-state index in [1.54, 1.807) is 13.3 Å². The Hall–Kier alpha value is -1.25. The van der Waals surface area contributed by atoms with Crippen LogP contribution in [0.15, 0.2) is 12.3 Å². The van der Waals surface area contributed by atoms with Crippen LogP contribution in [0.5, 0.6) is 5.75 Å². The Labute approximate surface area is 91.9 Å². The number of nitrogens with one attached hydrogen (secondary N) is 1. The van der Waals surface area contributed by atoms with E-state index in [2.05, 4.69) is 17.2 Å². The summed E-state index contributed by atoms with van der Waals surface area (Å²) in [4.78, 5) is 4.19. The number of hydrogen-bond acceptors (Lipinski definition) is 3. The molecule has 0 saturated heterocycles. The second-order valence-electron chi connectivity index (χ2n) is 3.66. The lowest BCUT2D eigenvalue weighted by Gasteiger charge is -2.10. The lowest BCUT2D eigenvalue weighted by molar-refractivity contribution is 0.414. The van der Waals surface area contributed by atoms with Crippen molar-refractivity contribution < 1.29 is 4.74 Å². The van der Waals surface area contributed by atoms with E-state index >= 15 is 0 Å². The smallest absolute Gasteiger partial charge is 0.160 e. The van der Waals surface area contributed by atoms with Crippen molar-refractivity contribution in [2.45, 2.75) is 33.1 Å². The predicted molar refractivity (Wildman–Crippen MR) is 63.5 cm³/mol. The summed E-state index contributed by atoms with van der Waals surface area (Å²) < 4.78 is 5.23. The van der Waals surface area contributed by atoms with Crippen molar-refractivity contribution in [1.29, 1.82) is 0 Å². The van der Waals surface area contributed by atoms with Gasteiger partial charge in [0.25, 0.3) is 0 Å². The van der Waals surface area contributed by atoms with E-state index in [4.69, 9.17) is 4.74 Å². The van der Waals surface area contributed by atoms with Crippen molar-refractivity contribution in [2.75, 3.05) is 19.0 Å². The monoisotopic (exact) mass is 208 g/mol. The number of rotatable bonds is 6. The molecule has 0 atom stereocenters. The fraction of sp³-hybridized carbons (Fsp3) is 0.583. The molecule has 1 N–H and O–H groups in total. The van der Waals surface area contributed by atoms with Gasteiger partial charge in [-0.25, -0.2) is 0 Å². The number of unbranched alkanes of at least 4 members (excludes halogenated alkanes) is 2. The fourth-order valence-corrected chi connectivity index (χ4v) is 1.45. The molecule has 1 rings (SSSR count). The normalized spacial score (nSPS) is 10.1. The standard InChI is InChI=1S/C12H20N2O/c1-4-5-6-7-13-11-8-10(2)14-9-12(11)15-3/h8-9H,4-7H2,1-3H3,(H,13,14). The topological polar surface area (TPSA) is 34.2 Å². The number of aromatic nitrogens is 1. The summed E-state index contributed by atoms with van der Waals surface area (Å²) in [5.41, 5.74) is 2.05. The van der Waals surface area contributed by atoms with Crippen molar-refractivity contribution >= 4 is 5.69 Å². The molecule has 0 aromatic carbocycles. The second kappa shape index (κ2) is 6.27. The molecule has 0 fully saturated rings. The molecule has 0 amide bonds. The van der Waals surface area contributed by atoms with Crippen LogP contribution in [0.25, 0.3) is 0 Å². The van der Waals surface area contributed by atoms with Gasteiger partial charge >= 0.3 is 0 Å². The maximum atomic E-state index is 5.23. The number of ether oxygens (including phenoxy) is 1. The highest BCUT2D eigenvalue weighted by Gasteiger charge is 2.02. The van der Waals surface area contributed by atoms with Crippen LogP contribution < -0.4 is 10.1 Å². The van der Waals surface area contributed by atoms with Gasteiger partial charge in [0, 0.05) is 12.2 Å². The van der Waals surface area contributed by atoms with E-state index in [9.17, 15) is 0 Å². The van der Waals surface area contributed by atoms with E-state index in [-0.39, 0.29) is 0 Å². The number of hydrogen-bond donors (Lipinski definition) is 1. The third-order valence-electron chi connectivity index (χ3n) is 2.32. The molecule has 0 spiro atoms. The first-order chi connectivity index (χ1) is 7.27. The van der Waals surface area contributed by atoms with Gasteiger partial charge in [-0.3, -0.25) is 4.98 Å². The minimum Gasteiger partial charge on any atom is -0.493 e. The number of nitrogens with zero attached hydrogens (tertiary/aromatic N) is 1. The summed E-state index contributed by atoms with van der Waals surface area (Å²) in [6.07, 6.45) is 5.46. The summed E-state index contributed by atoms with van der Waals surface area (Å²) in [6.45, 7) is 5.18. The van der Waals surface area contributed by atoms with Gasteiger partial charge in [-0.05, 0) is 19.4 Å². The van der Waals surface area contributed by atoms with Crippen molar-refractivity contribution in [1.82, 2.24) is 4.98 Å². The molecule has 1 aromatic rings. The van der Waals surface area contributed by atoms with Crippen LogP contribution in [0, 0.1) is 6.92 Å². The van der Waals surface area contributed by atoms with Gasteiger partial charge in [-0.1, -0.05) is 19.8 Å². The first-order valence-electron chi connectivity index (χ1n) is 5.52. The van der Waals surface area contributed by atoms with Crippen molar-refractivity contribution in [3.05, 3.63) is 18.0 Å². The van der Waals surface area contributed by atoms with E-state index in [1.165, 1.54) is 19.3 Å². The van der Waals surface area contributed by atoms with Crippen molar-refractivity contribution in [2.24, 2.45) is 0 Å². The zero-order chi connectivity index (χ0) is 11.1. The predicted octanol–water partition coefficient (Wildman–Crippen LogP) is 3.00. The Balaban J connectivity index is 2.54. The van der Waals surface area contributed by atoms with E-state index < -0.39 is 0 Å². The first-order valence-corrected chi connectivity index (χ1v) is 5.52. The van der Waals surface area contributed by atoms with Crippen LogP contribution in [0.2, 0.25) is 0 Å². The minimum absolute atomic E-state index is 0.817. The molecule has 15 heavy (non-hydrogen) atoms. The van der Waals surface area contributed by atoms with Gasteiger partial charge in [0.15, 0.2) is 5.75 Å². The summed E-state index contributed by atoms with van der Waals surface area (Å²) >= 11 is 0. The highest BCUT2D eigenvalue weighted by molar-refractivity contribution is 5.55. The van der Waals surface area contributed by atoms with Crippen LogP contribution in [0.1, 0.15) is 31.9 Å². The molecular formula is C12H20N2O. The second-order valence-corrected chi connectivity index (χ2v) is 3.66. The van der Waals surface area contributed by atoms with Crippen LogP contribution in [-0.4, -0.2) is 18.6 Å². The molecule has 0 aliphatic rings. The number of methoxy groups -OCH3 is 1. The lowest BCUT2D eigenvalue weighted by atomic mass is 10.2. The van der Waals surface area contributed by atoms with Gasteiger partial charge in [-0.2, -0.15) is 0 Å². The molecule has 0 radical (unpaired) electrons. The molecule has 3 nitrogen and oxygen atoms in total. The molecule has 0 bridgehead atoms. The Bertz CT molecular complexity index is 300. The van der Waals surface area contributed by atoms with E-state index in [0.29, 0.717) is 0 Å². The lowest BCUT2D eigenvalue weighted by Crippen LogP contribution is -2.03. The maximum Gasteiger partial charge on any atom is 0.160 e. The molecule has 0 aliphatic carbocycles. The Kier molecular flexibility index (Phi) is 4.95. The minimum atomic E-state index is 0.817. The van der Waals surface area contributed by atoms with Crippen LogP contribution in [0.4, 0.5) is 5.69 Å². The molecule has 3 heteroatoms. The largest absolute Gasteiger partial charge is 0.493 e. The van der Waals surface area contributed by atoms with E-state index in [0.717, 1.165) is 23.7 Å². The first kappa shape index (κ1) is 11.8. The van der Waals surface area contributed by atoms with Crippen LogP contribution in [-0.2, 0) is 0 Å². The van der Waals surface area contributed by atoms with Gasteiger partial charge in [0.2, 0.25) is 0 Å². The highest BCUT2D eigenvalue weighted by Crippen LogP contribution is 2.23. The van der Waals surface area contributed by atoms with Crippen LogP contribution >= 0.6 is 0 Å². The Morgan fingerprint density at radius 1 is 1.40 bits per heavy atom. The molecule has 1 heterocycles. The van der Waals surface area contributed by atoms with Gasteiger partial charge in [0.1, 0.15) is 0 Å². The van der Waals surface area contributed by atoms with Gasteiger partial charge in [0.05, 0.1) is 19.0 Å². The molecular weight excluding hydrogens is 188 g/mol. The fourth-order valence-electron chi connectivity index (χ4n) is 1.45. The summed E-state index contributed by atoms with van der Waals surface area (Å²) in [5.74, 6) is 0.817. The van der Waals surface area contributed by atoms with Crippen molar-refractivity contribution in [3.8, 4) is 5.75 Å². The van der Waals surface area contributed by atoms with Gasteiger partial charge < -0.3 is 10.1 Å². The SMILES string of the molecule is CCCCCNc1cc(C)ncc1OC. The average Bonchev–Trinajstić information content (AvgIpc) is 2.25. The highest BCUT2D eigenvalue weighted by atomic mass is 16.5.